The van der Waals surface area contributed by atoms with E-state index in [1.807, 2.05) is 55.5 Å². The van der Waals surface area contributed by atoms with Gasteiger partial charge in [0.05, 0.1) is 11.3 Å². The number of para-hydroxylation sites is 2. The van der Waals surface area contributed by atoms with Crippen molar-refractivity contribution >= 4 is 29.1 Å². The molecule has 4 aromatic carbocycles. The molecule has 4 rings (SSSR count). The maximum Gasteiger partial charge on any atom is 0.418 e. The molecule has 212 valence electrons. The van der Waals surface area contributed by atoms with Crippen molar-refractivity contribution in [3.8, 4) is 11.5 Å². The van der Waals surface area contributed by atoms with Gasteiger partial charge in [0.2, 0.25) is 0 Å². The Balaban J connectivity index is 1.40. The van der Waals surface area contributed by atoms with Crippen LogP contribution in [0.15, 0.2) is 103 Å². The van der Waals surface area contributed by atoms with Crippen LogP contribution in [0.25, 0.3) is 0 Å². The zero-order chi connectivity index (χ0) is 29.2. The summed E-state index contributed by atoms with van der Waals surface area (Å²) in [6, 6.07) is 27.3. The first-order chi connectivity index (χ1) is 19.7. The first-order valence-electron chi connectivity index (χ1n) is 12.9. The zero-order valence-electron chi connectivity index (χ0n) is 22.2. The number of nitrogens with one attached hydrogen (secondary N) is 3. The molecule has 0 bridgehead atoms. The molecule has 0 aliphatic rings. The van der Waals surface area contributed by atoms with Crippen LogP contribution in [0, 0.1) is 6.92 Å². The molecular weight excluding hydrogens is 533 g/mol. The summed E-state index contributed by atoms with van der Waals surface area (Å²) in [5.41, 5.74) is 0.936. The molecule has 0 aliphatic carbocycles. The number of ether oxygens (including phenoxy) is 1. The molecule has 0 fully saturated rings. The van der Waals surface area contributed by atoms with Crippen molar-refractivity contribution in [3.05, 3.63) is 114 Å². The second-order valence-electron chi connectivity index (χ2n) is 9.14. The van der Waals surface area contributed by atoms with Gasteiger partial charge in [0.1, 0.15) is 11.5 Å². The van der Waals surface area contributed by atoms with E-state index in [1.165, 1.54) is 23.1 Å². The minimum atomic E-state index is -4.60. The van der Waals surface area contributed by atoms with E-state index in [2.05, 4.69) is 16.0 Å². The molecule has 41 heavy (non-hydrogen) atoms. The Bertz CT molecular complexity index is 1460. The third kappa shape index (κ3) is 8.50. The molecule has 0 radical (unpaired) electrons. The highest BCUT2D eigenvalue weighted by Crippen LogP contribution is 2.34. The molecule has 0 atom stereocenters. The molecule has 0 aliphatic heterocycles. The molecule has 3 N–H and O–H groups in total. The lowest BCUT2D eigenvalue weighted by molar-refractivity contribution is -0.136. The van der Waals surface area contributed by atoms with E-state index in [-0.39, 0.29) is 24.8 Å². The first kappa shape index (κ1) is 29.0. The number of halogens is 3. The summed E-state index contributed by atoms with van der Waals surface area (Å²) in [4.78, 5) is 27.1. The molecule has 0 aromatic heterocycles. The quantitative estimate of drug-likeness (QED) is 0.181. The summed E-state index contributed by atoms with van der Waals surface area (Å²) in [6.07, 6.45) is -4.27. The number of nitrogens with zero attached hydrogens (tertiary/aromatic N) is 1. The second kappa shape index (κ2) is 13.4. The summed E-state index contributed by atoms with van der Waals surface area (Å²) >= 11 is 0. The van der Waals surface area contributed by atoms with Crippen molar-refractivity contribution in [2.75, 3.05) is 28.6 Å². The van der Waals surface area contributed by atoms with E-state index in [9.17, 15) is 22.8 Å². The Hall–Kier alpha value is -4.99. The van der Waals surface area contributed by atoms with Crippen molar-refractivity contribution in [3.63, 3.8) is 0 Å². The van der Waals surface area contributed by atoms with Gasteiger partial charge in [0.15, 0.2) is 0 Å². The standard InChI is InChI=1S/C31H29F3N4O3/c1-22-9-7-10-23(21-22)36-30(40)38(24-15-17-26(18-16-24)41-25-11-3-2-4-12-25)20-8-19-35-29(39)37-28-14-6-5-13-27(28)31(32,33)34/h2-7,9-18,21H,8,19-20H2,1H3,(H,36,40)(H2,35,37,39). The Labute approximate surface area is 235 Å². The molecule has 4 amide bonds. The lowest BCUT2D eigenvalue weighted by atomic mass is 10.1. The fraction of sp³-hybridized carbons (Fsp3) is 0.161. The first-order valence-corrected chi connectivity index (χ1v) is 12.9. The number of rotatable bonds is 9. The normalized spacial score (nSPS) is 10.9. The second-order valence-corrected chi connectivity index (χ2v) is 9.14. The highest BCUT2D eigenvalue weighted by Gasteiger charge is 2.33. The van der Waals surface area contributed by atoms with E-state index in [1.54, 1.807) is 30.3 Å². The smallest absolute Gasteiger partial charge is 0.418 e. The maximum atomic E-state index is 13.3. The number of alkyl halides is 3. The Kier molecular flexibility index (Phi) is 9.47. The van der Waals surface area contributed by atoms with Gasteiger partial charge in [-0.1, -0.05) is 42.5 Å². The molecule has 0 saturated heterocycles. The molecule has 0 spiro atoms. The monoisotopic (exact) mass is 562 g/mol. The van der Waals surface area contributed by atoms with Crippen LogP contribution in [0.4, 0.5) is 39.8 Å². The lowest BCUT2D eigenvalue weighted by Gasteiger charge is -2.24. The van der Waals surface area contributed by atoms with E-state index in [4.69, 9.17) is 4.74 Å². The molecule has 0 saturated carbocycles. The number of benzene rings is 4. The molecule has 0 unspecified atom stereocenters. The predicted molar refractivity (Wildman–Crippen MR) is 154 cm³/mol. The lowest BCUT2D eigenvalue weighted by Crippen LogP contribution is -2.38. The number of anilines is 3. The number of hydrogen-bond acceptors (Lipinski definition) is 3. The van der Waals surface area contributed by atoms with Crippen LogP contribution in [0.3, 0.4) is 0 Å². The minimum Gasteiger partial charge on any atom is -0.457 e. The van der Waals surface area contributed by atoms with Crippen LogP contribution in [0.5, 0.6) is 11.5 Å². The van der Waals surface area contributed by atoms with E-state index in [0.29, 0.717) is 29.3 Å². The largest absolute Gasteiger partial charge is 0.457 e. The van der Waals surface area contributed by atoms with Crippen LogP contribution in [-0.4, -0.2) is 25.2 Å². The Morgan fingerprint density at radius 3 is 2.20 bits per heavy atom. The minimum absolute atomic E-state index is 0.115. The zero-order valence-corrected chi connectivity index (χ0v) is 22.2. The Morgan fingerprint density at radius 1 is 0.805 bits per heavy atom. The van der Waals surface area contributed by atoms with Gasteiger partial charge in [-0.2, -0.15) is 13.2 Å². The number of carbonyl (C=O) groups excluding carboxylic acids is 2. The van der Waals surface area contributed by atoms with Gasteiger partial charge in [0, 0.05) is 24.5 Å². The van der Waals surface area contributed by atoms with Crippen molar-refractivity contribution in [1.29, 1.82) is 0 Å². The molecule has 4 aromatic rings. The van der Waals surface area contributed by atoms with Gasteiger partial charge < -0.3 is 20.7 Å². The van der Waals surface area contributed by atoms with E-state index < -0.39 is 17.8 Å². The van der Waals surface area contributed by atoms with Gasteiger partial charge in [-0.15, -0.1) is 0 Å². The average molecular weight is 563 g/mol. The number of aryl methyl sites for hydroxylation is 1. The van der Waals surface area contributed by atoms with Crippen molar-refractivity contribution in [1.82, 2.24) is 5.32 Å². The van der Waals surface area contributed by atoms with Gasteiger partial charge in [0.25, 0.3) is 0 Å². The van der Waals surface area contributed by atoms with Crippen LogP contribution < -0.4 is 25.6 Å². The van der Waals surface area contributed by atoms with Crippen molar-refractivity contribution in [2.45, 2.75) is 19.5 Å². The van der Waals surface area contributed by atoms with Gasteiger partial charge in [-0.05, 0) is 79.6 Å². The van der Waals surface area contributed by atoms with E-state index in [0.717, 1.165) is 11.6 Å². The van der Waals surface area contributed by atoms with Gasteiger partial charge in [-0.25, -0.2) is 9.59 Å². The van der Waals surface area contributed by atoms with Crippen molar-refractivity contribution < 1.29 is 27.5 Å². The molecule has 0 heterocycles. The highest BCUT2D eigenvalue weighted by atomic mass is 19.4. The number of urea groups is 2. The fourth-order valence-corrected chi connectivity index (χ4v) is 4.03. The van der Waals surface area contributed by atoms with Crippen LogP contribution in [0.2, 0.25) is 0 Å². The average Bonchev–Trinajstić information content (AvgIpc) is 2.94. The van der Waals surface area contributed by atoms with Crippen molar-refractivity contribution in [2.24, 2.45) is 0 Å². The summed E-state index contributed by atoms with van der Waals surface area (Å²) in [5.74, 6) is 1.27. The highest BCUT2D eigenvalue weighted by molar-refractivity contribution is 6.01. The van der Waals surface area contributed by atoms with Gasteiger partial charge in [-0.3, -0.25) is 4.90 Å². The summed E-state index contributed by atoms with van der Waals surface area (Å²) in [5, 5.41) is 7.69. The SMILES string of the molecule is Cc1cccc(NC(=O)N(CCCNC(=O)Nc2ccccc2C(F)(F)F)c2ccc(Oc3ccccc3)cc2)c1. The fourth-order valence-electron chi connectivity index (χ4n) is 4.03. The van der Waals surface area contributed by atoms with Crippen LogP contribution in [0.1, 0.15) is 17.5 Å². The third-order valence-electron chi connectivity index (χ3n) is 5.97. The summed E-state index contributed by atoms with van der Waals surface area (Å²) in [6.45, 7) is 2.25. The molecular formula is C31H29F3N4O3. The number of amides is 4. The number of hydrogen-bond donors (Lipinski definition) is 3. The summed E-state index contributed by atoms with van der Waals surface area (Å²) in [7, 11) is 0. The summed E-state index contributed by atoms with van der Waals surface area (Å²) < 4.78 is 45.5. The topological polar surface area (TPSA) is 82.7 Å². The molecule has 10 heteroatoms. The van der Waals surface area contributed by atoms with Crippen LogP contribution >= 0.6 is 0 Å². The van der Waals surface area contributed by atoms with Gasteiger partial charge >= 0.3 is 18.2 Å². The maximum absolute atomic E-state index is 13.3. The van der Waals surface area contributed by atoms with Crippen LogP contribution in [-0.2, 0) is 6.18 Å². The van der Waals surface area contributed by atoms with E-state index >= 15 is 0 Å². The Morgan fingerprint density at radius 2 is 1.49 bits per heavy atom. The predicted octanol–water partition coefficient (Wildman–Crippen LogP) is 8.06. The third-order valence-corrected chi connectivity index (χ3v) is 5.97. The molecule has 7 nitrogen and oxygen atoms in total. The number of carbonyl (C=O) groups is 2.